The molecule has 1 fully saturated rings. The number of carbonyl (C=O) groups is 3. The Kier molecular flexibility index (Phi) is 5.98. The highest BCUT2D eigenvalue weighted by Gasteiger charge is 2.42. The Labute approximate surface area is 193 Å². The zero-order chi connectivity index (χ0) is 24.8. The molecule has 0 saturated carbocycles. The van der Waals surface area contributed by atoms with Crippen LogP contribution in [0.1, 0.15) is 33.2 Å². The Morgan fingerprint density at radius 3 is 1.85 bits per heavy atom. The van der Waals surface area contributed by atoms with Crippen LogP contribution < -0.4 is 0 Å². The summed E-state index contributed by atoms with van der Waals surface area (Å²) in [5.74, 6) is -1.63. The fraction of sp³-hybridized carbons (Fsp3) is 0.318. The summed E-state index contributed by atoms with van der Waals surface area (Å²) in [5.41, 5.74) is -0.511. The van der Waals surface area contributed by atoms with Crippen molar-refractivity contribution < 1.29 is 36.0 Å². The number of amides is 3. The lowest BCUT2D eigenvalue weighted by molar-refractivity contribution is -0.137. The molecule has 2 aromatic rings. The molecule has 0 aromatic heterocycles. The lowest BCUT2D eigenvalue weighted by Crippen LogP contribution is -2.55. The van der Waals surface area contributed by atoms with Crippen molar-refractivity contribution in [3.05, 3.63) is 65.2 Å². The van der Waals surface area contributed by atoms with Crippen molar-refractivity contribution in [3.8, 4) is 0 Å². The zero-order valence-electron chi connectivity index (χ0n) is 17.9. The highest BCUT2D eigenvalue weighted by molar-refractivity contribution is 7.89. The van der Waals surface area contributed by atoms with Crippen LogP contribution in [0.5, 0.6) is 0 Å². The third-order valence-electron chi connectivity index (χ3n) is 5.94. The van der Waals surface area contributed by atoms with Crippen LogP contribution >= 0.6 is 0 Å². The first kappa shape index (κ1) is 23.9. The first-order valence-electron chi connectivity index (χ1n) is 10.4. The van der Waals surface area contributed by atoms with Gasteiger partial charge in [0.05, 0.1) is 21.6 Å². The van der Waals surface area contributed by atoms with Crippen molar-refractivity contribution in [1.82, 2.24) is 14.1 Å². The summed E-state index contributed by atoms with van der Waals surface area (Å²) in [5, 5.41) is 0. The fourth-order valence-corrected chi connectivity index (χ4v) is 5.47. The molecule has 12 heteroatoms. The maximum Gasteiger partial charge on any atom is 0.416 e. The van der Waals surface area contributed by atoms with Gasteiger partial charge in [-0.25, -0.2) is 8.42 Å². The van der Waals surface area contributed by atoms with E-state index in [1.807, 2.05) is 0 Å². The van der Waals surface area contributed by atoms with Gasteiger partial charge < -0.3 is 4.90 Å². The Morgan fingerprint density at radius 1 is 0.882 bits per heavy atom. The molecule has 4 rings (SSSR count). The van der Waals surface area contributed by atoms with Crippen LogP contribution in [0.2, 0.25) is 0 Å². The SMILES string of the molecule is CC(C(=O)N1CCN(S(=O)(=O)c2ccc(C(F)(F)F)cc2)CC1)N1C(=O)c2ccccc2C1=O. The zero-order valence-corrected chi connectivity index (χ0v) is 18.8. The van der Waals surface area contributed by atoms with Crippen LogP contribution in [0.4, 0.5) is 13.2 Å². The van der Waals surface area contributed by atoms with Gasteiger partial charge in [0.2, 0.25) is 15.9 Å². The molecule has 1 atom stereocenters. The number of carbonyl (C=O) groups excluding carboxylic acids is 3. The van der Waals surface area contributed by atoms with Crippen molar-refractivity contribution in [1.29, 1.82) is 0 Å². The van der Waals surface area contributed by atoms with Crippen LogP contribution in [0.3, 0.4) is 0 Å². The number of fused-ring (bicyclic) bond motifs is 1. The van der Waals surface area contributed by atoms with Crippen molar-refractivity contribution in [2.24, 2.45) is 0 Å². The number of benzene rings is 2. The number of sulfonamides is 1. The molecule has 2 aliphatic heterocycles. The number of imide groups is 1. The van der Waals surface area contributed by atoms with Crippen LogP contribution in [0.25, 0.3) is 0 Å². The predicted octanol–water partition coefficient (Wildman–Crippen LogP) is 2.22. The summed E-state index contributed by atoms with van der Waals surface area (Å²) in [6.45, 7) is 1.29. The predicted molar refractivity (Wildman–Crippen MR) is 113 cm³/mol. The van der Waals surface area contributed by atoms with E-state index in [-0.39, 0.29) is 42.2 Å². The molecule has 3 amide bonds. The maximum atomic E-state index is 13.0. The number of alkyl halides is 3. The summed E-state index contributed by atoms with van der Waals surface area (Å²) < 4.78 is 65.0. The molecular weight excluding hydrogens is 475 g/mol. The number of hydrogen-bond donors (Lipinski definition) is 0. The van der Waals surface area contributed by atoms with E-state index < -0.39 is 45.5 Å². The Morgan fingerprint density at radius 2 is 1.38 bits per heavy atom. The molecule has 2 heterocycles. The lowest BCUT2D eigenvalue weighted by atomic mass is 10.1. The summed E-state index contributed by atoms with van der Waals surface area (Å²) >= 11 is 0. The van der Waals surface area contributed by atoms with Gasteiger partial charge in [-0.3, -0.25) is 19.3 Å². The van der Waals surface area contributed by atoms with Gasteiger partial charge in [-0.1, -0.05) is 12.1 Å². The summed E-state index contributed by atoms with van der Waals surface area (Å²) in [7, 11) is -4.05. The van der Waals surface area contributed by atoms with E-state index in [2.05, 4.69) is 0 Å². The molecule has 0 bridgehead atoms. The van der Waals surface area contributed by atoms with Gasteiger partial charge >= 0.3 is 6.18 Å². The highest BCUT2D eigenvalue weighted by atomic mass is 32.2. The van der Waals surface area contributed by atoms with Crippen LogP contribution in [-0.4, -0.2) is 72.5 Å². The van der Waals surface area contributed by atoms with E-state index >= 15 is 0 Å². The van der Waals surface area contributed by atoms with Crippen molar-refractivity contribution in [3.63, 3.8) is 0 Å². The monoisotopic (exact) mass is 495 g/mol. The van der Waals surface area contributed by atoms with Gasteiger partial charge in [0, 0.05) is 26.2 Å². The number of halogens is 3. The standard InChI is InChI=1S/C22H20F3N3O5S/c1-14(28-20(30)17-4-2-3-5-18(17)21(28)31)19(29)26-10-12-27(13-11-26)34(32,33)16-8-6-15(7-9-16)22(23,24)25/h2-9,14H,10-13H2,1H3. The first-order valence-corrected chi connectivity index (χ1v) is 11.8. The quantitative estimate of drug-likeness (QED) is 0.607. The smallest absolute Gasteiger partial charge is 0.338 e. The van der Waals surface area contributed by atoms with Gasteiger partial charge in [-0.15, -0.1) is 0 Å². The third kappa shape index (κ3) is 4.07. The number of hydrogen-bond acceptors (Lipinski definition) is 5. The maximum absolute atomic E-state index is 13.0. The normalized spacial score (nSPS) is 18.2. The number of nitrogens with zero attached hydrogens (tertiary/aromatic N) is 3. The summed E-state index contributed by atoms with van der Waals surface area (Å²) in [4.78, 5) is 40.3. The average Bonchev–Trinajstić information content (AvgIpc) is 3.08. The average molecular weight is 495 g/mol. The fourth-order valence-electron chi connectivity index (χ4n) is 4.05. The molecule has 180 valence electrons. The summed E-state index contributed by atoms with van der Waals surface area (Å²) in [6.07, 6.45) is -4.58. The third-order valence-corrected chi connectivity index (χ3v) is 7.85. The van der Waals surface area contributed by atoms with Crippen molar-refractivity contribution >= 4 is 27.7 Å². The number of piperazine rings is 1. The second-order valence-electron chi connectivity index (χ2n) is 7.95. The molecular formula is C22H20F3N3O5S. The van der Waals surface area contributed by atoms with Gasteiger partial charge in [0.15, 0.2) is 0 Å². The van der Waals surface area contributed by atoms with Crippen molar-refractivity contribution in [2.45, 2.75) is 24.0 Å². The molecule has 0 spiro atoms. The van der Waals surface area contributed by atoms with Gasteiger partial charge in [-0.05, 0) is 43.3 Å². The molecule has 0 N–H and O–H groups in total. The molecule has 0 aliphatic carbocycles. The minimum Gasteiger partial charge on any atom is -0.338 e. The highest BCUT2D eigenvalue weighted by Crippen LogP contribution is 2.30. The molecule has 8 nitrogen and oxygen atoms in total. The van der Waals surface area contributed by atoms with Crippen LogP contribution in [-0.2, 0) is 21.0 Å². The second-order valence-corrected chi connectivity index (χ2v) is 9.89. The molecule has 2 aromatic carbocycles. The molecule has 1 unspecified atom stereocenters. The topological polar surface area (TPSA) is 95.1 Å². The molecule has 0 radical (unpaired) electrons. The summed E-state index contributed by atoms with van der Waals surface area (Å²) in [6, 6.07) is 8.40. The Bertz CT molecular complexity index is 1220. The van der Waals surface area contributed by atoms with E-state index in [1.165, 1.54) is 24.0 Å². The molecule has 34 heavy (non-hydrogen) atoms. The minimum atomic E-state index is -4.58. The Hall–Kier alpha value is -3.25. The minimum absolute atomic E-state index is 0.00616. The number of rotatable bonds is 4. The molecule has 1 saturated heterocycles. The van der Waals surface area contributed by atoms with Gasteiger partial charge in [0.1, 0.15) is 6.04 Å². The van der Waals surface area contributed by atoms with Crippen LogP contribution in [0, 0.1) is 0 Å². The van der Waals surface area contributed by atoms with Crippen LogP contribution in [0.15, 0.2) is 53.4 Å². The van der Waals surface area contributed by atoms with Gasteiger partial charge in [-0.2, -0.15) is 17.5 Å². The van der Waals surface area contributed by atoms with E-state index in [0.717, 1.165) is 21.3 Å². The Balaban J connectivity index is 1.42. The van der Waals surface area contributed by atoms with E-state index in [1.54, 1.807) is 12.1 Å². The second kappa shape index (κ2) is 8.51. The van der Waals surface area contributed by atoms with E-state index in [4.69, 9.17) is 0 Å². The van der Waals surface area contributed by atoms with Crippen molar-refractivity contribution in [2.75, 3.05) is 26.2 Å². The first-order chi connectivity index (χ1) is 15.9. The largest absolute Gasteiger partial charge is 0.416 e. The van der Waals surface area contributed by atoms with Gasteiger partial charge in [0.25, 0.3) is 11.8 Å². The lowest BCUT2D eigenvalue weighted by Gasteiger charge is -2.36. The molecule has 2 aliphatic rings. The van der Waals surface area contributed by atoms with E-state index in [0.29, 0.717) is 12.1 Å². The van der Waals surface area contributed by atoms with E-state index in [9.17, 15) is 36.0 Å².